The molecule has 0 bridgehead atoms. The summed E-state index contributed by atoms with van der Waals surface area (Å²) >= 11 is 0. The average Bonchev–Trinajstić information content (AvgIpc) is 2.88. The molecule has 2 aliphatic rings. The highest BCUT2D eigenvalue weighted by Crippen LogP contribution is 2.43. The van der Waals surface area contributed by atoms with Crippen molar-refractivity contribution in [3.63, 3.8) is 0 Å². The number of allylic oxidation sites excluding steroid dienone is 1. The van der Waals surface area contributed by atoms with Crippen LogP contribution in [0.4, 0.5) is 0 Å². The van der Waals surface area contributed by atoms with Crippen LogP contribution in [0.15, 0.2) is 40.8 Å². The molecule has 0 saturated carbocycles. The average molecular weight is 345 g/mol. The third-order valence-corrected chi connectivity index (χ3v) is 6.94. The number of benzene rings is 1. The number of aryl methyl sites for hydroxylation is 1. The minimum absolute atomic E-state index is 0.0594. The van der Waals surface area contributed by atoms with Crippen molar-refractivity contribution in [2.75, 3.05) is 12.3 Å². The third-order valence-electron chi connectivity index (χ3n) is 5.42. The number of nitrogens with one attached hydrogen (secondary N) is 1. The van der Waals surface area contributed by atoms with Gasteiger partial charge in [0.2, 0.25) is 0 Å². The standard InChI is InChI=1S/C19H23NO3S/c1-12-4-6-16(7-5-12)24(23)11-19-13(2)8-15(22)9-18(19)17(10-20-19)14(3)21/h4-8,17-18,20H,9-11H2,1-3H3/t17-,18-,19-,24?/m0/s1. The van der Waals surface area contributed by atoms with Crippen molar-refractivity contribution < 1.29 is 13.8 Å². The molecule has 1 N–H and O–H groups in total. The van der Waals surface area contributed by atoms with E-state index in [2.05, 4.69) is 5.32 Å². The largest absolute Gasteiger partial charge is 0.306 e. The zero-order valence-electron chi connectivity index (χ0n) is 14.3. The first kappa shape index (κ1) is 17.2. The van der Waals surface area contributed by atoms with E-state index in [-0.39, 0.29) is 23.4 Å². The highest BCUT2D eigenvalue weighted by Gasteiger charge is 2.53. The van der Waals surface area contributed by atoms with Crippen LogP contribution < -0.4 is 5.32 Å². The summed E-state index contributed by atoms with van der Waals surface area (Å²) in [5.74, 6) is 0.247. The minimum atomic E-state index is -1.20. The van der Waals surface area contributed by atoms with Gasteiger partial charge in [0.05, 0.1) is 22.1 Å². The van der Waals surface area contributed by atoms with Gasteiger partial charge in [-0.15, -0.1) is 0 Å². The van der Waals surface area contributed by atoms with Gasteiger partial charge in [-0.05, 0) is 50.5 Å². The third kappa shape index (κ3) is 2.91. The van der Waals surface area contributed by atoms with Crippen molar-refractivity contribution >= 4 is 22.4 Å². The Labute approximate surface area is 145 Å². The zero-order valence-corrected chi connectivity index (χ0v) is 15.1. The molecule has 1 aromatic carbocycles. The number of ketones is 2. The van der Waals surface area contributed by atoms with Gasteiger partial charge in [0.15, 0.2) is 5.78 Å². The Morgan fingerprint density at radius 2 is 1.96 bits per heavy atom. The summed E-state index contributed by atoms with van der Waals surface area (Å²) in [6.45, 7) is 6.03. The van der Waals surface area contributed by atoms with E-state index in [4.69, 9.17) is 0 Å². The van der Waals surface area contributed by atoms with Crippen LogP contribution >= 0.6 is 0 Å². The second-order valence-electron chi connectivity index (χ2n) is 6.98. The lowest BCUT2D eigenvalue weighted by molar-refractivity contribution is -0.122. The fourth-order valence-electron chi connectivity index (χ4n) is 3.98. The topological polar surface area (TPSA) is 63.2 Å². The van der Waals surface area contributed by atoms with Gasteiger partial charge in [-0.25, -0.2) is 0 Å². The lowest BCUT2D eigenvalue weighted by Gasteiger charge is -2.40. The number of hydrogen-bond donors (Lipinski definition) is 1. The summed E-state index contributed by atoms with van der Waals surface area (Å²) in [6, 6.07) is 7.69. The maximum atomic E-state index is 12.9. The molecule has 1 saturated heterocycles. The summed E-state index contributed by atoms with van der Waals surface area (Å²) < 4.78 is 12.9. The molecule has 1 aliphatic carbocycles. The molecular formula is C19H23NO3S. The molecule has 3 rings (SSSR count). The Bertz CT molecular complexity index is 737. The van der Waals surface area contributed by atoms with Crippen LogP contribution in [0.1, 0.15) is 25.8 Å². The van der Waals surface area contributed by atoms with Crippen LogP contribution in [-0.2, 0) is 20.4 Å². The lowest BCUT2D eigenvalue weighted by Crippen LogP contribution is -2.53. The van der Waals surface area contributed by atoms with E-state index in [1.165, 1.54) is 0 Å². The molecule has 24 heavy (non-hydrogen) atoms. The molecule has 0 radical (unpaired) electrons. The van der Waals surface area contributed by atoms with Gasteiger partial charge in [0.25, 0.3) is 0 Å². The smallest absolute Gasteiger partial charge is 0.156 e. The predicted molar refractivity (Wildman–Crippen MR) is 94.2 cm³/mol. The first-order valence-corrected chi connectivity index (χ1v) is 9.57. The molecule has 0 spiro atoms. The number of Topliss-reactive ketones (excluding diaryl/α,β-unsaturated/α-hetero) is 1. The minimum Gasteiger partial charge on any atom is -0.306 e. The molecule has 0 aromatic heterocycles. The van der Waals surface area contributed by atoms with E-state index in [0.717, 1.165) is 16.0 Å². The summed E-state index contributed by atoms with van der Waals surface area (Å²) in [5, 5.41) is 3.45. The second-order valence-corrected chi connectivity index (χ2v) is 8.43. The van der Waals surface area contributed by atoms with E-state index < -0.39 is 16.3 Å². The Kier molecular flexibility index (Phi) is 4.58. The van der Waals surface area contributed by atoms with Crippen molar-refractivity contribution in [1.29, 1.82) is 0 Å². The fourth-order valence-corrected chi connectivity index (χ4v) is 5.55. The van der Waals surface area contributed by atoms with Crippen LogP contribution in [0.5, 0.6) is 0 Å². The van der Waals surface area contributed by atoms with Crippen LogP contribution in [0.25, 0.3) is 0 Å². The SMILES string of the molecule is CC(=O)[C@@H]1CN[C@@]2(CS(=O)c3ccc(C)cc3)C(C)=CC(=O)C[C@@H]12. The van der Waals surface area contributed by atoms with Gasteiger partial charge in [-0.1, -0.05) is 17.7 Å². The zero-order chi connectivity index (χ0) is 17.5. The molecule has 0 amide bonds. The van der Waals surface area contributed by atoms with E-state index in [1.807, 2.05) is 38.1 Å². The molecule has 4 nitrogen and oxygen atoms in total. The summed E-state index contributed by atoms with van der Waals surface area (Å²) in [7, 11) is -1.20. The van der Waals surface area contributed by atoms with Gasteiger partial charge in [-0.2, -0.15) is 0 Å². The van der Waals surface area contributed by atoms with E-state index in [0.29, 0.717) is 18.7 Å². The molecular weight excluding hydrogens is 322 g/mol. The normalized spacial score (nSPS) is 30.6. The molecule has 5 heteroatoms. The van der Waals surface area contributed by atoms with Crippen LogP contribution in [0.2, 0.25) is 0 Å². The maximum Gasteiger partial charge on any atom is 0.156 e. The molecule has 1 aliphatic heterocycles. The van der Waals surface area contributed by atoms with Gasteiger partial charge in [0.1, 0.15) is 5.78 Å². The Hall–Kier alpha value is -1.59. The van der Waals surface area contributed by atoms with Crippen molar-refractivity contribution in [2.24, 2.45) is 11.8 Å². The maximum absolute atomic E-state index is 12.9. The first-order chi connectivity index (χ1) is 11.3. The predicted octanol–water partition coefficient (Wildman–Crippen LogP) is 2.19. The molecule has 1 fully saturated rings. The molecule has 1 aromatic rings. The number of fused-ring (bicyclic) bond motifs is 1. The molecule has 4 atom stereocenters. The van der Waals surface area contributed by atoms with Gasteiger partial charge in [0, 0.05) is 23.8 Å². The summed E-state index contributed by atoms with van der Waals surface area (Å²) in [5.41, 5.74) is 1.50. The Morgan fingerprint density at radius 3 is 2.58 bits per heavy atom. The van der Waals surface area contributed by atoms with Gasteiger partial charge >= 0.3 is 0 Å². The number of carbonyl (C=O) groups is 2. The van der Waals surface area contributed by atoms with E-state index >= 15 is 0 Å². The van der Waals surface area contributed by atoms with E-state index in [9.17, 15) is 13.8 Å². The highest BCUT2D eigenvalue weighted by atomic mass is 32.2. The number of rotatable bonds is 4. The Morgan fingerprint density at radius 1 is 1.29 bits per heavy atom. The lowest BCUT2D eigenvalue weighted by atomic mass is 9.70. The number of hydrogen-bond acceptors (Lipinski definition) is 4. The van der Waals surface area contributed by atoms with Crippen LogP contribution in [0, 0.1) is 18.8 Å². The van der Waals surface area contributed by atoms with E-state index in [1.54, 1.807) is 13.0 Å². The van der Waals surface area contributed by atoms with Crippen molar-refractivity contribution in [1.82, 2.24) is 5.32 Å². The molecule has 128 valence electrons. The highest BCUT2D eigenvalue weighted by molar-refractivity contribution is 7.85. The van der Waals surface area contributed by atoms with Crippen molar-refractivity contribution in [2.45, 2.75) is 37.6 Å². The quantitative estimate of drug-likeness (QED) is 0.908. The van der Waals surface area contributed by atoms with Crippen LogP contribution in [0.3, 0.4) is 0 Å². The molecule has 1 heterocycles. The molecule has 1 unspecified atom stereocenters. The first-order valence-electron chi connectivity index (χ1n) is 8.25. The summed E-state index contributed by atoms with van der Waals surface area (Å²) in [4.78, 5) is 24.8. The van der Waals surface area contributed by atoms with Gasteiger partial charge in [-0.3, -0.25) is 13.8 Å². The van der Waals surface area contributed by atoms with Crippen molar-refractivity contribution in [3.8, 4) is 0 Å². The monoisotopic (exact) mass is 345 g/mol. The van der Waals surface area contributed by atoms with Gasteiger partial charge < -0.3 is 5.32 Å². The number of carbonyl (C=O) groups excluding carboxylic acids is 2. The second kappa shape index (κ2) is 6.37. The van der Waals surface area contributed by atoms with Crippen LogP contribution in [-0.4, -0.2) is 33.6 Å². The summed E-state index contributed by atoms with van der Waals surface area (Å²) in [6.07, 6.45) is 2.00. The van der Waals surface area contributed by atoms with Crippen molar-refractivity contribution in [3.05, 3.63) is 41.5 Å². The Balaban J connectivity index is 1.94. The fraction of sp³-hybridized carbons (Fsp3) is 0.474.